The van der Waals surface area contributed by atoms with Gasteiger partial charge in [-0.3, -0.25) is 4.79 Å². The van der Waals surface area contributed by atoms with E-state index in [0.29, 0.717) is 6.54 Å². The first-order valence-corrected chi connectivity index (χ1v) is 6.40. The maximum atomic E-state index is 11.8. The molecule has 0 fully saturated rings. The van der Waals surface area contributed by atoms with Crippen LogP contribution >= 0.6 is 0 Å². The Labute approximate surface area is 113 Å². The summed E-state index contributed by atoms with van der Waals surface area (Å²) in [6.45, 7) is 1.49. The van der Waals surface area contributed by atoms with Crippen molar-refractivity contribution in [3.8, 4) is 11.3 Å². The third kappa shape index (κ3) is 3.76. The first kappa shape index (κ1) is 13.5. The van der Waals surface area contributed by atoms with Crippen LogP contribution in [0.2, 0.25) is 0 Å². The fraction of sp³-hybridized carbons (Fsp3) is 0.333. The fourth-order valence-corrected chi connectivity index (χ4v) is 1.77. The third-order valence-electron chi connectivity index (χ3n) is 2.92. The van der Waals surface area contributed by atoms with E-state index in [0.717, 1.165) is 22.3 Å². The van der Waals surface area contributed by atoms with Crippen LogP contribution in [-0.4, -0.2) is 42.0 Å². The normalized spacial score (nSPS) is 11.5. The summed E-state index contributed by atoms with van der Waals surface area (Å²) in [6, 6.07) is 13.3. The summed E-state index contributed by atoms with van der Waals surface area (Å²) in [7, 11) is 6.31. The van der Waals surface area contributed by atoms with Gasteiger partial charge in [-0.15, -0.1) is 0 Å². The highest BCUT2D eigenvalue weighted by atomic mass is 16.1. The Hall–Kier alpha value is -1.94. The zero-order chi connectivity index (χ0) is 13.9. The lowest BCUT2D eigenvalue weighted by Gasteiger charge is -2.23. The van der Waals surface area contributed by atoms with Gasteiger partial charge in [-0.25, -0.2) is 4.68 Å². The maximum absolute atomic E-state index is 11.8. The van der Waals surface area contributed by atoms with Crippen LogP contribution in [-0.2, 0) is 6.54 Å². The summed E-state index contributed by atoms with van der Waals surface area (Å²) >= 11 is 0. The first-order valence-electron chi connectivity index (χ1n) is 6.40. The van der Waals surface area contributed by atoms with Crippen LogP contribution in [0.3, 0.4) is 0 Å². The van der Waals surface area contributed by atoms with Gasteiger partial charge in [0.25, 0.3) is 5.56 Å². The van der Waals surface area contributed by atoms with Crippen molar-refractivity contribution in [2.45, 2.75) is 6.54 Å². The van der Waals surface area contributed by atoms with Crippen LogP contribution < -0.4 is 5.56 Å². The summed E-state index contributed by atoms with van der Waals surface area (Å²) in [5.74, 6) is 0. The SMILES string of the molecule is C[N+](C)(C)CCn1nc(-c2ccccc2)ccc1=O. The molecule has 0 aliphatic heterocycles. The topological polar surface area (TPSA) is 34.9 Å². The Balaban J connectivity index is 2.28. The number of likely N-dealkylation sites (N-methyl/N-ethyl adjacent to an activating group) is 1. The Morgan fingerprint density at radius 3 is 2.37 bits per heavy atom. The van der Waals surface area contributed by atoms with E-state index in [1.165, 1.54) is 0 Å². The number of quaternary nitrogens is 1. The summed E-state index contributed by atoms with van der Waals surface area (Å²) < 4.78 is 2.36. The number of aromatic nitrogens is 2. The molecule has 0 radical (unpaired) electrons. The largest absolute Gasteiger partial charge is 0.329 e. The van der Waals surface area contributed by atoms with Crippen LogP contribution in [0.1, 0.15) is 0 Å². The summed E-state index contributed by atoms with van der Waals surface area (Å²) in [5.41, 5.74) is 1.82. The molecule has 2 aromatic rings. The molecule has 4 nitrogen and oxygen atoms in total. The van der Waals surface area contributed by atoms with E-state index in [1.54, 1.807) is 16.8 Å². The Morgan fingerprint density at radius 2 is 1.74 bits per heavy atom. The second kappa shape index (κ2) is 5.36. The summed E-state index contributed by atoms with van der Waals surface area (Å²) in [6.07, 6.45) is 0. The summed E-state index contributed by atoms with van der Waals surface area (Å²) in [5, 5.41) is 4.44. The fourth-order valence-electron chi connectivity index (χ4n) is 1.77. The molecule has 1 heterocycles. The molecule has 0 bridgehead atoms. The van der Waals surface area contributed by atoms with Gasteiger partial charge < -0.3 is 4.48 Å². The Morgan fingerprint density at radius 1 is 1.05 bits per heavy atom. The molecule has 0 saturated heterocycles. The van der Waals surface area contributed by atoms with Crippen molar-refractivity contribution in [1.29, 1.82) is 0 Å². The Bertz CT molecular complexity index is 597. The predicted octanol–water partition coefficient (Wildman–Crippen LogP) is 1.62. The molecule has 0 saturated carbocycles. The molecule has 0 unspecified atom stereocenters. The molecule has 1 aromatic heterocycles. The van der Waals surface area contributed by atoms with Crippen LogP contribution in [0.4, 0.5) is 0 Å². The van der Waals surface area contributed by atoms with E-state index >= 15 is 0 Å². The monoisotopic (exact) mass is 258 g/mol. The van der Waals surface area contributed by atoms with Crippen LogP contribution in [0.5, 0.6) is 0 Å². The van der Waals surface area contributed by atoms with Crippen molar-refractivity contribution < 1.29 is 4.48 Å². The lowest BCUT2D eigenvalue weighted by atomic mass is 10.1. The standard InChI is InChI=1S/C15H20N3O/c1-18(2,3)12-11-17-15(19)10-9-14(16-17)13-7-5-4-6-8-13/h4-10H,11-12H2,1-3H3/q+1. The van der Waals surface area contributed by atoms with Gasteiger partial charge in [-0.2, -0.15) is 5.10 Å². The maximum Gasteiger partial charge on any atom is 0.266 e. The lowest BCUT2D eigenvalue weighted by Crippen LogP contribution is -2.39. The van der Waals surface area contributed by atoms with Gasteiger partial charge in [-0.05, 0) is 6.07 Å². The second-order valence-corrected chi connectivity index (χ2v) is 5.66. The molecule has 0 atom stereocenters. The highest BCUT2D eigenvalue weighted by Crippen LogP contribution is 2.13. The minimum absolute atomic E-state index is 0.0480. The summed E-state index contributed by atoms with van der Waals surface area (Å²) in [4.78, 5) is 11.8. The molecule has 0 amide bonds. The van der Waals surface area contributed by atoms with E-state index < -0.39 is 0 Å². The number of rotatable bonds is 4. The number of hydrogen-bond acceptors (Lipinski definition) is 2. The average Bonchev–Trinajstić information content (AvgIpc) is 2.38. The van der Waals surface area contributed by atoms with Gasteiger partial charge >= 0.3 is 0 Å². The van der Waals surface area contributed by atoms with Crippen molar-refractivity contribution in [3.05, 3.63) is 52.8 Å². The van der Waals surface area contributed by atoms with Crippen molar-refractivity contribution in [3.63, 3.8) is 0 Å². The molecular weight excluding hydrogens is 238 g/mol. The average molecular weight is 258 g/mol. The van der Waals surface area contributed by atoms with E-state index in [2.05, 4.69) is 26.2 Å². The molecule has 0 N–H and O–H groups in total. The molecular formula is C15H20N3O+. The lowest BCUT2D eigenvalue weighted by molar-refractivity contribution is -0.871. The van der Waals surface area contributed by atoms with Crippen LogP contribution in [0.25, 0.3) is 11.3 Å². The number of nitrogens with zero attached hydrogens (tertiary/aromatic N) is 3. The molecule has 19 heavy (non-hydrogen) atoms. The molecule has 1 aromatic carbocycles. The third-order valence-corrected chi connectivity index (χ3v) is 2.92. The minimum atomic E-state index is -0.0480. The molecule has 4 heteroatoms. The molecule has 100 valence electrons. The van der Waals surface area contributed by atoms with E-state index in [1.807, 2.05) is 30.3 Å². The highest BCUT2D eigenvalue weighted by molar-refractivity contribution is 5.57. The number of benzene rings is 1. The van der Waals surface area contributed by atoms with Crippen molar-refractivity contribution >= 4 is 0 Å². The smallest absolute Gasteiger partial charge is 0.266 e. The quantitative estimate of drug-likeness (QED) is 0.781. The molecule has 0 aliphatic rings. The number of hydrogen-bond donors (Lipinski definition) is 0. The zero-order valence-corrected chi connectivity index (χ0v) is 11.7. The molecule has 0 aliphatic carbocycles. The predicted molar refractivity (Wildman–Crippen MR) is 76.8 cm³/mol. The second-order valence-electron chi connectivity index (χ2n) is 5.66. The molecule has 0 spiro atoms. The van der Waals surface area contributed by atoms with E-state index in [4.69, 9.17) is 0 Å². The van der Waals surface area contributed by atoms with Gasteiger partial charge in [0, 0.05) is 11.6 Å². The Kier molecular flexibility index (Phi) is 3.81. The van der Waals surface area contributed by atoms with Gasteiger partial charge in [0.05, 0.1) is 39.9 Å². The molecule has 2 rings (SSSR count). The van der Waals surface area contributed by atoms with Crippen molar-refractivity contribution in [2.75, 3.05) is 27.7 Å². The van der Waals surface area contributed by atoms with E-state index in [9.17, 15) is 4.79 Å². The zero-order valence-electron chi connectivity index (χ0n) is 11.7. The van der Waals surface area contributed by atoms with Gasteiger partial charge in [0.2, 0.25) is 0 Å². The van der Waals surface area contributed by atoms with Gasteiger partial charge in [0.15, 0.2) is 0 Å². The van der Waals surface area contributed by atoms with E-state index in [-0.39, 0.29) is 5.56 Å². The van der Waals surface area contributed by atoms with Gasteiger partial charge in [0.1, 0.15) is 0 Å². The highest BCUT2D eigenvalue weighted by Gasteiger charge is 2.09. The first-order chi connectivity index (χ1) is 8.96. The minimum Gasteiger partial charge on any atom is -0.329 e. The van der Waals surface area contributed by atoms with Crippen molar-refractivity contribution in [2.24, 2.45) is 0 Å². The van der Waals surface area contributed by atoms with Crippen molar-refractivity contribution in [1.82, 2.24) is 9.78 Å². The van der Waals surface area contributed by atoms with Crippen LogP contribution in [0.15, 0.2) is 47.3 Å². The van der Waals surface area contributed by atoms with Gasteiger partial charge in [-0.1, -0.05) is 30.3 Å². The van der Waals surface area contributed by atoms with Crippen LogP contribution in [0, 0.1) is 0 Å².